The molecule has 1 fully saturated rings. The molecule has 1 saturated heterocycles. The minimum Gasteiger partial charge on any atom is -0.300 e. The SMILES string of the molecule is CCCC1CCCCN1CC(CC)CS. The largest absolute Gasteiger partial charge is 0.300 e. The first-order valence-corrected chi connectivity index (χ1v) is 7.29. The lowest BCUT2D eigenvalue weighted by Gasteiger charge is -2.37. The second kappa shape index (κ2) is 7.56. The van der Waals surface area contributed by atoms with E-state index in [-0.39, 0.29) is 0 Å². The van der Waals surface area contributed by atoms with Gasteiger partial charge in [-0.25, -0.2) is 0 Å². The van der Waals surface area contributed by atoms with Crippen molar-refractivity contribution in [2.24, 2.45) is 5.92 Å². The molecule has 1 rings (SSSR count). The van der Waals surface area contributed by atoms with E-state index in [0.29, 0.717) is 0 Å². The van der Waals surface area contributed by atoms with Crippen molar-refractivity contribution in [1.29, 1.82) is 0 Å². The van der Waals surface area contributed by atoms with Gasteiger partial charge in [0, 0.05) is 12.6 Å². The molecule has 15 heavy (non-hydrogen) atoms. The Kier molecular flexibility index (Phi) is 6.74. The fraction of sp³-hybridized carbons (Fsp3) is 1.00. The summed E-state index contributed by atoms with van der Waals surface area (Å²) >= 11 is 4.45. The molecular weight excluding hydrogens is 202 g/mol. The lowest BCUT2D eigenvalue weighted by molar-refractivity contribution is 0.121. The van der Waals surface area contributed by atoms with Gasteiger partial charge in [0.15, 0.2) is 0 Å². The van der Waals surface area contributed by atoms with Crippen molar-refractivity contribution >= 4 is 12.6 Å². The van der Waals surface area contributed by atoms with Crippen molar-refractivity contribution in [2.75, 3.05) is 18.8 Å². The Balaban J connectivity index is 2.40. The van der Waals surface area contributed by atoms with Crippen molar-refractivity contribution in [1.82, 2.24) is 4.90 Å². The molecule has 0 spiro atoms. The first kappa shape index (κ1) is 13.4. The summed E-state index contributed by atoms with van der Waals surface area (Å²) < 4.78 is 0. The van der Waals surface area contributed by atoms with Crippen molar-refractivity contribution in [3.63, 3.8) is 0 Å². The Labute approximate surface area is 101 Å². The number of likely N-dealkylation sites (tertiary alicyclic amines) is 1. The predicted molar refractivity (Wildman–Crippen MR) is 71.8 cm³/mol. The first-order valence-electron chi connectivity index (χ1n) is 6.66. The summed E-state index contributed by atoms with van der Waals surface area (Å²) in [4.78, 5) is 2.73. The van der Waals surface area contributed by atoms with Crippen molar-refractivity contribution < 1.29 is 0 Å². The summed E-state index contributed by atoms with van der Waals surface area (Å²) in [6.45, 7) is 7.21. The zero-order valence-corrected chi connectivity index (χ0v) is 11.3. The van der Waals surface area contributed by atoms with E-state index in [0.717, 1.165) is 17.7 Å². The zero-order chi connectivity index (χ0) is 11.1. The van der Waals surface area contributed by atoms with Gasteiger partial charge in [0.05, 0.1) is 0 Å². The Bertz CT molecular complexity index is 155. The van der Waals surface area contributed by atoms with Crippen LogP contribution in [0.15, 0.2) is 0 Å². The van der Waals surface area contributed by atoms with Crippen molar-refractivity contribution in [3.8, 4) is 0 Å². The van der Waals surface area contributed by atoms with Crippen LogP contribution in [0.3, 0.4) is 0 Å². The van der Waals surface area contributed by atoms with Crippen LogP contribution in [0.5, 0.6) is 0 Å². The fourth-order valence-corrected chi connectivity index (χ4v) is 2.98. The summed E-state index contributed by atoms with van der Waals surface area (Å²) in [6.07, 6.45) is 8.28. The number of nitrogens with zero attached hydrogens (tertiary/aromatic N) is 1. The third-order valence-corrected chi connectivity index (χ3v) is 4.22. The van der Waals surface area contributed by atoms with Crippen LogP contribution in [0, 0.1) is 5.92 Å². The standard InChI is InChI=1S/C13H27NS/c1-3-7-13-8-5-6-9-14(13)10-12(4-2)11-15/h12-13,15H,3-11H2,1-2H3. The molecular formula is C13H27NS. The van der Waals surface area contributed by atoms with Gasteiger partial charge in [0.1, 0.15) is 0 Å². The Morgan fingerprint density at radius 1 is 1.33 bits per heavy atom. The average molecular weight is 229 g/mol. The van der Waals surface area contributed by atoms with Gasteiger partial charge in [-0.3, -0.25) is 0 Å². The minimum absolute atomic E-state index is 0.797. The zero-order valence-electron chi connectivity index (χ0n) is 10.4. The molecule has 1 nitrogen and oxygen atoms in total. The van der Waals surface area contributed by atoms with E-state index in [2.05, 4.69) is 31.4 Å². The molecule has 0 bridgehead atoms. The molecule has 0 aromatic carbocycles. The molecule has 1 aliphatic rings. The summed E-state index contributed by atoms with van der Waals surface area (Å²) in [5, 5.41) is 0. The molecule has 2 unspecified atom stereocenters. The number of thiol groups is 1. The van der Waals surface area contributed by atoms with E-state index in [1.165, 1.54) is 51.6 Å². The summed E-state index contributed by atoms with van der Waals surface area (Å²) in [5.41, 5.74) is 0. The molecule has 90 valence electrons. The second-order valence-corrected chi connectivity index (χ2v) is 5.26. The highest BCUT2D eigenvalue weighted by atomic mass is 32.1. The lowest BCUT2D eigenvalue weighted by Crippen LogP contribution is -2.42. The van der Waals surface area contributed by atoms with Crippen LogP contribution in [-0.4, -0.2) is 29.8 Å². The second-order valence-electron chi connectivity index (χ2n) is 4.89. The maximum Gasteiger partial charge on any atom is 0.00952 e. The van der Waals surface area contributed by atoms with Crippen LogP contribution in [0.4, 0.5) is 0 Å². The maximum absolute atomic E-state index is 4.45. The molecule has 0 saturated carbocycles. The molecule has 0 aliphatic carbocycles. The highest BCUT2D eigenvalue weighted by Gasteiger charge is 2.23. The molecule has 0 radical (unpaired) electrons. The summed E-state index contributed by atoms with van der Waals surface area (Å²) in [6, 6.07) is 0.873. The number of hydrogen-bond acceptors (Lipinski definition) is 2. The molecule has 0 N–H and O–H groups in total. The fourth-order valence-electron chi connectivity index (χ4n) is 2.61. The van der Waals surface area contributed by atoms with E-state index in [4.69, 9.17) is 0 Å². The van der Waals surface area contributed by atoms with Crippen LogP contribution in [0.2, 0.25) is 0 Å². The molecule has 2 heteroatoms. The van der Waals surface area contributed by atoms with Gasteiger partial charge in [-0.15, -0.1) is 0 Å². The van der Waals surface area contributed by atoms with E-state index >= 15 is 0 Å². The third-order valence-electron chi connectivity index (χ3n) is 3.70. The van der Waals surface area contributed by atoms with Crippen molar-refractivity contribution in [2.45, 2.75) is 58.4 Å². The summed E-state index contributed by atoms with van der Waals surface area (Å²) in [5.74, 6) is 1.84. The van der Waals surface area contributed by atoms with Crippen LogP contribution in [0.25, 0.3) is 0 Å². The molecule has 1 aliphatic heterocycles. The van der Waals surface area contributed by atoms with Crippen LogP contribution >= 0.6 is 12.6 Å². The van der Waals surface area contributed by atoms with Gasteiger partial charge in [-0.05, 0) is 37.5 Å². The number of hydrogen-bond donors (Lipinski definition) is 1. The molecule has 2 atom stereocenters. The predicted octanol–water partition coefficient (Wildman–Crippen LogP) is 3.60. The lowest BCUT2D eigenvalue weighted by atomic mass is 9.96. The Hall–Kier alpha value is 0.310. The topological polar surface area (TPSA) is 3.24 Å². The number of rotatable bonds is 6. The molecule has 1 heterocycles. The van der Waals surface area contributed by atoms with E-state index < -0.39 is 0 Å². The monoisotopic (exact) mass is 229 g/mol. The van der Waals surface area contributed by atoms with Gasteiger partial charge < -0.3 is 4.90 Å². The maximum atomic E-state index is 4.45. The van der Waals surface area contributed by atoms with E-state index in [1.54, 1.807) is 0 Å². The smallest absolute Gasteiger partial charge is 0.00952 e. The minimum atomic E-state index is 0.797. The first-order chi connectivity index (χ1) is 7.31. The number of piperidine rings is 1. The van der Waals surface area contributed by atoms with Gasteiger partial charge in [-0.1, -0.05) is 33.1 Å². The normalized spacial score (nSPS) is 25.4. The summed E-state index contributed by atoms with van der Waals surface area (Å²) in [7, 11) is 0. The van der Waals surface area contributed by atoms with Crippen LogP contribution < -0.4 is 0 Å². The Morgan fingerprint density at radius 2 is 2.13 bits per heavy atom. The average Bonchev–Trinajstić information content (AvgIpc) is 2.28. The van der Waals surface area contributed by atoms with Gasteiger partial charge >= 0.3 is 0 Å². The third kappa shape index (κ3) is 4.36. The molecule has 0 aromatic rings. The van der Waals surface area contributed by atoms with Gasteiger partial charge in [0.2, 0.25) is 0 Å². The van der Waals surface area contributed by atoms with Gasteiger partial charge in [-0.2, -0.15) is 12.6 Å². The van der Waals surface area contributed by atoms with E-state index in [9.17, 15) is 0 Å². The van der Waals surface area contributed by atoms with Crippen LogP contribution in [0.1, 0.15) is 52.4 Å². The molecule has 0 aromatic heterocycles. The Morgan fingerprint density at radius 3 is 2.73 bits per heavy atom. The quantitative estimate of drug-likeness (QED) is 0.681. The van der Waals surface area contributed by atoms with Crippen molar-refractivity contribution in [3.05, 3.63) is 0 Å². The van der Waals surface area contributed by atoms with Gasteiger partial charge in [0.25, 0.3) is 0 Å². The molecule has 0 amide bonds. The van der Waals surface area contributed by atoms with E-state index in [1.807, 2.05) is 0 Å². The van der Waals surface area contributed by atoms with Crippen LogP contribution in [-0.2, 0) is 0 Å². The highest BCUT2D eigenvalue weighted by molar-refractivity contribution is 7.80. The highest BCUT2D eigenvalue weighted by Crippen LogP contribution is 2.22.